The van der Waals surface area contributed by atoms with E-state index < -0.39 is 5.60 Å². The van der Waals surface area contributed by atoms with Gasteiger partial charge < -0.3 is 10.2 Å². The number of aliphatic hydroxyl groups is 2. The van der Waals surface area contributed by atoms with Gasteiger partial charge in [0.2, 0.25) is 0 Å². The van der Waals surface area contributed by atoms with E-state index in [4.69, 9.17) is 0 Å². The van der Waals surface area contributed by atoms with Crippen molar-refractivity contribution in [2.24, 2.45) is 0 Å². The Labute approximate surface area is 158 Å². The van der Waals surface area contributed by atoms with Crippen LogP contribution < -0.4 is 0 Å². The number of rotatable bonds is 6. The average molecular weight is 361 g/mol. The lowest BCUT2D eigenvalue weighted by atomic mass is 9.91. The zero-order chi connectivity index (χ0) is 18.6. The number of hydrogen-bond donors (Lipinski definition) is 2. The van der Waals surface area contributed by atoms with Gasteiger partial charge in [0.15, 0.2) is 0 Å². The van der Waals surface area contributed by atoms with Gasteiger partial charge in [-0.05, 0) is 50.7 Å². The van der Waals surface area contributed by atoms with E-state index in [1.807, 2.05) is 13.8 Å². The number of hydrogen-bond acceptors (Lipinski definition) is 4. The zero-order valence-corrected chi connectivity index (χ0v) is 16.5. The van der Waals surface area contributed by atoms with Gasteiger partial charge in [-0.2, -0.15) is 0 Å². The quantitative estimate of drug-likeness (QED) is 0.819. The zero-order valence-electron chi connectivity index (χ0n) is 16.5. The van der Waals surface area contributed by atoms with Gasteiger partial charge in [-0.3, -0.25) is 9.80 Å². The molecule has 1 aliphatic carbocycles. The second-order valence-corrected chi connectivity index (χ2v) is 8.86. The van der Waals surface area contributed by atoms with Crippen LogP contribution in [0.3, 0.4) is 0 Å². The molecule has 2 aliphatic rings. The smallest absolute Gasteiger partial charge is 0.0695 e. The summed E-state index contributed by atoms with van der Waals surface area (Å²) in [6, 6.07) is 9.26. The van der Waals surface area contributed by atoms with Crippen molar-refractivity contribution >= 4 is 0 Å². The molecule has 3 rings (SSSR count). The van der Waals surface area contributed by atoms with E-state index in [-0.39, 0.29) is 6.10 Å². The first-order valence-electron chi connectivity index (χ1n) is 10.4. The van der Waals surface area contributed by atoms with Crippen molar-refractivity contribution in [2.75, 3.05) is 26.2 Å². The van der Waals surface area contributed by atoms with Crippen LogP contribution >= 0.6 is 0 Å². The van der Waals surface area contributed by atoms with Crippen LogP contribution in [0.2, 0.25) is 0 Å². The SMILES string of the molecule is CC(C)(O)CCc1ccc(CN2CCN([C@H]3CCCC[C@@H]3O)CC2)cc1. The number of aliphatic hydroxyl groups excluding tert-OH is 1. The van der Waals surface area contributed by atoms with Crippen molar-refractivity contribution in [3.63, 3.8) is 0 Å². The fourth-order valence-corrected chi connectivity index (χ4v) is 4.29. The first kappa shape index (κ1) is 19.8. The highest BCUT2D eigenvalue weighted by molar-refractivity contribution is 5.23. The maximum absolute atomic E-state index is 10.3. The van der Waals surface area contributed by atoms with Crippen LogP contribution in [-0.2, 0) is 13.0 Å². The van der Waals surface area contributed by atoms with Crippen molar-refractivity contribution in [2.45, 2.75) is 76.7 Å². The fraction of sp³-hybridized carbons (Fsp3) is 0.727. The summed E-state index contributed by atoms with van der Waals surface area (Å²) in [6.07, 6.45) is 6.18. The lowest BCUT2D eigenvalue weighted by Crippen LogP contribution is -2.54. The average Bonchev–Trinajstić information content (AvgIpc) is 2.62. The molecule has 4 heteroatoms. The van der Waals surface area contributed by atoms with Crippen LogP contribution in [-0.4, -0.2) is 63.9 Å². The third kappa shape index (κ3) is 5.78. The predicted octanol–water partition coefficient (Wildman–Crippen LogP) is 2.81. The van der Waals surface area contributed by atoms with E-state index in [1.165, 1.54) is 24.0 Å². The van der Waals surface area contributed by atoms with Crippen LogP contribution in [0.4, 0.5) is 0 Å². The number of aryl methyl sites for hydroxylation is 1. The first-order chi connectivity index (χ1) is 12.4. The Morgan fingerprint density at radius 1 is 0.962 bits per heavy atom. The third-order valence-corrected chi connectivity index (χ3v) is 6.02. The summed E-state index contributed by atoms with van der Waals surface area (Å²) in [5.41, 5.74) is 2.07. The number of benzene rings is 1. The highest BCUT2D eigenvalue weighted by Gasteiger charge is 2.30. The van der Waals surface area contributed by atoms with E-state index in [0.29, 0.717) is 6.04 Å². The lowest BCUT2D eigenvalue weighted by molar-refractivity contribution is -0.00472. The highest BCUT2D eigenvalue weighted by Crippen LogP contribution is 2.24. The van der Waals surface area contributed by atoms with E-state index in [9.17, 15) is 10.2 Å². The maximum atomic E-state index is 10.3. The predicted molar refractivity (Wildman–Crippen MR) is 106 cm³/mol. The summed E-state index contributed by atoms with van der Waals surface area (Å²) in [5, 5.41) is 20.1. The van der Waals surface area contributed by atoms with Gasteiger partial charge in [0.1, 0.15) is 0 Å². The summed E-state index contributed by atoms with van der Waals surface area (Å²) < 4.78 is 0. The second kappa shape index (κ2) is 8.83. The Kier molecular flexibility index (Phi) is 6.73. The van der Waals surface area contributed by atoms with E-state index >= 15 is 0 Å². The number of nitrogens with zero attached hydrogens (tertiary/aromatic N) is 2. The second-order valence-electron chi connectivity index (χ2n) is 8.86. The van der Waals surface area contributed by atoms with Crippen LogP contribution in [0.1, 0.15) is 57.1 Å². The van der Waals surface area contributed by atoms with Crippen molar-refractivity contribution in [3.8, 4) is 0 Å². The molecule has 0 spiro atoms. The molecule has 4 nitrogen and oxygen atoms in total. The van der Waals surface area contributed by atoms with Crippen molar-refractivity contribution in [3.05, 3.63) is 35.4 Å². The van der Waals surface area contributed by atoms with Crippen LogP contribution in [0.5, 0.6) is 0 Å². The van der Waals surface area contributed by atoms with Gasteiger partial charge in [-0.25, -0.2) is 0 Å². The summed E-state index contributed by atoms with van der Waals surface area (Å²) in [4.78, 5) is 5.04. The molecule has 2 fully saturated rings. The minimum absolute atomic E-state index is 0.119. The summed E-state index contributed by atoms with van der Waals surface area (Å²) >= 11 is 0. The Morgan fingerprint density at radius 3 is 2.19 bits per heavy atom. The highest BCUT2D eigenvalue weighted by atomic mass is 16.3. The Bertz CT molecular complexity index is 544. The third-order valence-electron chi connectivity index (χ3n) is 6.02. The molecule has 0 radical (unpaired) electrons. The molecule has 26 heavy (non-hydrogen) atoms. The molecule has 1 aromatic rings. The fourth-order valence-electron chi connectivity index (χ4n) is 4.29. The summed E-state index contributed by atoms with van der Waals surface area (Å²) in [6.45, 7) is 9.07. The molecule has 1 aromatic carbocycles. The Balaban J connectivity index is 1.44. The lowest BCUT2D eigenvalue weighted by Gasteiger charge is -2.42. The molecule has 1 saturated heterocycles. The van der Waals surface area contributed by atoms with Gasteiger partial charge in [-0.15, -0.1) is 0 Å². The molecule has 2 atom stereocenters. The minimum atomic E-state index is -0.593. The molecule has 146 valence electrons. The van der Waals surface area contributed by atoms with Crippen molar-refractivity contribution < 1.29 is 10.2 Å². The first-order valence-corrected chi connectivity index (χ1v) is 10.4. The standard InChI is InChI=1S/C22H36N2O2/c1-22(2,26)12-11-18-7-9-19(10-8-18)17-23-13-15-24(16-14-23)20-5-3-4-6-21(20)25/h7-10,20-21,25-26H,3-6,11-17H2,1-2H3/t20-,21-/m0/s1. The van der Waals surface area contributed by atoms with Crippen molar-refractivity contribution in [1.29, 1.82) is 0 Å². The van der Waals surface area contributed by atoms with Gasteiger partial charge in [-0.1, -0.05) is 37.1 Å². The molecule has 1 heterocycles. The van der Waals surface area contributed by atoms with Gasteiger partial charge in [0.05, 0.1) is 11.7 Å². The summed E-state index contributed by atoms with van der Waals surface area (Å²) in [7, 11) is 0. The molecular formula is C22H36N2O2. The van der Waals surface area contributed by atoms with E-state index in [1.54, 1.807) is 0 Å². The molecule has 0 amide bonds. The molecule has 0 aromatic heterocycles. The largest absolute Gasteiger partial charge is 0.391 e. The number of piperazine rings is 1. The van der Waals surface area contributed by atoms with Gasteiger partial charge in [0.25, 0.3) is 0 Å². The topological polar surface area (TPSA) is 46.9 Å². The molecule has 1 saturated carbocycles. The van der Waals surface area contributed by atoms with Crippen molar-refractivity contribution in [1.82, 2.24) is 9.80 Å². The Morgan fingerprint density at radius 2 is 1.58 bits per heavy atom. The maximum Gasteiger partial charge on any atom is 0.0695 e. The molecule has 0 bridgehead atoms. The monoisotopic (exact) mass is 360 g/mol. The summed E-state index contributed by atoms with van der Waals surface area (Å²) in [5.74, 6) is 0. The van der Waals surface area contributed by atoms with Crippen LogP contribution in [0, 0.1) is 0 Å². The molecule has 0 unspecified atom stereocenters. The van der Waals surface area contributed by atoms with Crippen LogP contribution in [0.15, 0.2) is 24.3 Å². The minimum Gasteiger partial charge on any atom is -0.391 e. The normalized spacial score (nSPS) is 26.2. The van der Waals surface area contributed by atoms with E-state index in [2.05, 4.69) is 34.1 Å². The molecule has 2 N–H and O–H groups in total. The van der Waals surface area contributed by atoms with Crippen LogP contribution in [0.25, 0.3) is 0 Å². The van der Waals surface area contributed by atoms with Gasteiger partial charge >= 0.3 is 0 Å². The Hall–Kier alpha value is -0.940. The van der Waals surface area contributed by atoms with E-state index in [0.717, 1.165) is 58.4 Å². The molecular weight excluding hydrogens is 324 g/mol. The molecule has 1 aliphatic heterocycles. The van der Waals surface area contributed by atoms with Gasteiger partial charge in [0, 0.05) is 38.8 Å².